The van der Waals surface area contributed by atoms with Gasteiger partial charge in [-0.15, -0.1) is 12.3 Å². The van der Waals surface area contributed by atoms with Crippen LogP contribution < -0.4 is 11.1 Å². The fourth-order valence-corrected chi connectivity index (χ4v) is 1.19. The Balaban J connectivity index is 3.34. The van der Waals surface area contributed by atoms with Crippen molar-refractivity contribution in [2.75, 3.05) is 19.6 Å². The van der Waals surface area contributed by atoms with Crippen molar-refractivity contribution in [1.82, 2.24) is 5.32 Å². The third-order valence-corrected chi connectivity index (χ3v) is 2.33. The lowest BCUT2D eigenvalue weighted by atomic mass is 9.96. The van der Waals surface area contributed by atoms with Crippen LogP contribution in [0.3, 0.4) is 0 Å². The molecule has 0 spiro atoms. The maximum Gasteiger partial charge on any atom is 0.00981 e. The fraction of sp³-hybridized carbons (Fsp3) is 0.818. The Morgan fingerprint density at radius 3 is 2.62 bits per heavy atom. The average molecular weight is 182 g/mol. The van der Waals surface area contributed by atoms with Gasteiger partial charge in [0.1, 0.15) is 0 Å². The van der Waals surface area contributed by atoms with Crippen molar-refractivity contribution in [2.24, 2.45) is 17.6 Å². The predicted octanol–water partition coefficient (Wildman–Crippen LogP) is 1.22. The molecule has 1 unspecified atom stereocenters. The minimum Gasteiger partial charge on any atom is -0.330 e. The summed E-state index contributed by atoms with van der Waals surface area (Å²) < 4.78 is 0. The summed E-state index contributed by atoms with van der Waals surface area (Å²) >= 11 is 0. The molecule has 0 aromatic rings. The van der Waals surface area contributed by atoms with E-state index in [2.05, 4.69) is 25.1 Å². The van der Waals surface area contributed by atoms with Gasteiger partial charge >= 0.3 is 0 Å². The van der Waals surface area contributed by atoms with E-state index in [1.807, 2.05) is 0 Å². The van der Waals surface area contributed by atoms with Gasteiger partial charge in [0, 0.05) is 6.42 Å². The summed E-state index contributed by atoms with van der Waals surface area (Å²) in [7, 11) is 0. The van der Waals surface area contributed by atoms with Crippen molar-refractivity contribution < 1.29 is 0 Å². The van der Waals surface area contributed by atoms with E-state index in [1.165, 1.54) is 0 Å². The predicted molar refractivity (Wildman–Crippen MR) is 58.3 cm³/mol. The summed E-state index contributed by atoms with van der Waals surface area (Å²) in [6.45, 7) is 7.20. The van der Waals surface area contributed by atoms with Gasteiger partial charge in [-0.1, -0.05) is 13.8 Å². The molecule has 0 aliphatic carbocycles. The quantitative estimate of drug-likeness (QED) is 0.459. The van der Waals surface area contributed by atoms with Gasteiger partial charge in [0.15, 0.2) is 0 Å². The molecule has 0 heterocycles. The normalized spacial score (nSPS) is 12.8. The van der Waals surface area contributed by atoms with Crippen LogP contribution >= 0.6 is 0 Å². The molecule has 0 amide bonds. The number of rotatable bonds is 7. The first-order chi connectivity index (χ1) is 6.22. The summed E-state index contributed by atoms with van der Waals surface area (Å²) in [5.41, 5.74) is 5.64. The van der Waals surface area contributed by atoms with E-state index in [1.54, 1.807) is 0 Å². The number of terminal acetylenes is 1. The average Bonchev–Trinajstić information content (AvgIpc) is 2.10. The number of nitrogens with one attached hydrogen (secondary N) is 1. The second-order valence-corrected chi connectivity index (χ2v) is 3.75. The van der Waals surface area contributed by atoms with Crippen molar-refractivity contribution in [3.8, 4) is 12.3 Å². The zero-order chi connectivity index (χ0) is 10.1. The smallest absolute Gasteiger partial charge is 0.00981 e. The van der Waals surface area contributed by atoms with Gasteiger partial charge in [0.2, 0.25) is 0 Å². The molecule has 76 valence electrons. The molecule has 13 heavy (non-hydrogen) atoms. The lowest BCUT2D eigenvalue weighted by Gasteiger charge is -2.18. The van der Waals surface area contributed by atoms with Crippen LogP contribution in [0.25, 0.3) is 0 Å². The highest BCUT2D eigenvalue weighted by atomic mass is 14.9. The van der Waals surface area contributed by atoms with Gasteiger partial charge in [0.05, 0.1) is 0 Å². The summed E-state index contributed by atoms with van der Waals surface area (Å²) in [6.07, 6.45) is 7.07. The summed E-state index contributed by atoms with van der Waals surface area (Å²) in [4.78, 5) is 0. The van der Waals surface area contributed by atoms with Gasteiger partial charge in [-0.2, -0.15) is 0 Å². The standard InChI is InChI=1S/C11H22N2/c1-4-5-6-7-13-9-11(8-12)10(2)3/h1,10-11,13H,5-9,12H2,2-3H3. The highest BCUT2D eigenvalue weighted by Gasteiger charge is 2.09. The molecule has 0 bridgehead atoms. The minimum absolute atomic E-state index is 0.589. The van der Waals surface area contributed by atoms with Crippen LogP contribution in [0.15, 0.2) is 0 Å². The first-order valence-corrected chi connectivity index (χ1v) is 5.06. The molecule has 2 heteroatoms. The first kappa shape index (κ1) is 12.5. The van der Waals surface area contributed by atoms with E-state index in [0.29, 0.717) is 11.8 Å². The number of hydrogen-bond acceptors (Lipinski definition) is 2. The zero-order valence-electron chi connectivity index (χ0n) is 8.84. The third kappa shape index (κ3) is 6.62. The molecule has 0 aromatic carbocycles. The highest BCUT2D eigenvalue weighted by molar-refractivity contribution is 4.83. The lowest BCUT2D eigenvalue weighted by Crippen LogP contribution is -2.32. The Hall–Kier alpha value is -0.520. The second-order valence-electron chi connectivity index (χ2n) is 3.75. The second kappa shape index (κ2) is 8.10. The third-order valence-electron chi connectivity index (χ3n) is 2.33. The van der Waals surface area contributed by atoms with E-state index < -0.39 is 0 Å². The molecular formula is C11H22N2. The van der Waals surface area contributed by atoms with Crippen LogP contribution in [-0.2, 0) is 0 Å². The number of nitrogens with two attached hydrogens (primary N) is 1. The maximum atomic E-state index is 5.64. The van der Waals surface area contributed by atoms with Crippen molar-refractivity contribution in [2.45, 2.75) is 26.7 Å². The van der Waals surface area contributed by atoms with Crippen LogP contribution in [0.2, 0.25) is 0 Å². The van der Waals surface area contributed by atoms with Gasteiger partial charge in [0.25, 0.3) is 0 Å². The van der Waals surface area contributed by atoms with Crippen LogP contribution in [0.1, 0.15) is 26.7 Å². The van der Waals surface area contributed by atoms with Gasteiger partial charge in [-0.3, -0.25) is 0 Å². The van der Waals surface area contributed by atoms with Crippen molar-refractivity contribution >= 4 is 0 Å². The Morgan fingerprint density at radius 1 is 1.46 bits per heavy atom. The molecular weight excluding hydrogens is 160 g/mol. The van der Waals surface area contributed by atoms with Gasteiger partial charge in [-0.25, -0.2) is 0 Å². The summed E-state index contributed by atoms with van der Waals surface area (Å²) in [6, 6.07) is 0. The van der Waals surface area contributed by atoms with Gasteiger partial charge in [-0.05, 0) is 37.9 Å². The van der Waals surface area contributed by atoms with Gasteiger partial charge < -0.3 is 11.1 Å². The molecule has 0 saturated heterocycles. The molecule has 0 aliphatic rings. The van der Waals surface area contributed by atoms with E-state index in [9.17, 15) is 0 Å². The molecule has 0 aliphatic heterocycles. The van der Waals surface area contributed by atoms with Crippen LogP contribution in [0.5, 0.6) is 0 Å². The minimum atomic E-state index is 0.589. The van der Waals surface area contributed by atoms with Crippen molar-refractivity contribution in [3.05, 3.63) is 0 Å². The number of unbranched alkanes of at least 4 members (excludes halogenated alkanes) is 1. The maximum absolute atomic E-state index is 5.64. The van der Waals surface area contributed by atoms with Crippen molar-refractivity contribution in [3.63, 3.8) is 0 Å². The SMILES string of the molecule is C#CCCCNCC(CN)C(C)C. The molecule has 0 aromatic heterocycles. The molecule has 0 saturated carbocycles. The lowest BCUT2D eigenvalue weighted by molar-refractivity contribution is 0.371. The zero-order valence-corrected chi connectivity index (χ0v) is 8.84. The first-order valence-electron chi connectivity index (χ1n) is 5.06. The summed E-state index contributed by atoms with van der Waals surface area (Å²) in [5.74, 6) is 3.87. The highest BCUT2D eigenvalue weighted by Crippen LogP contribution is 2.07. The van der Waals surface area contributed by atoms with E-state index in [0.717, 1.165) is 32.5 Å². The molecule has 0 rings (SSSR count). The Labute approximate surface area is 82.3 Å². The van der Waals surface area contributed by atoms with Crippen LogP contribution in [0, 0.1) is 24.2 Å². The Kier molecular flexibility index (Phi) is 7.77. The van der Waals surface area contributed by atoms with E-state index in [4.69, 9.17) is 12.2 Å². The number of hydrogen-bond donors (Lipinski definition) is 2. The topological polar surface area (TPSA) is 38.0 Å². The van der Waals surface area contributed by atoms with E-state index in [-0.39, 0.29) is 0 Å². The van der Waals surface area contributed by atoms with E-state index >= 15 is 0 Å². The fourth-order valence-electron chi connectivity index (χ4n) is 1.19. The molecule has 0 radical (unpaired) electrons. The monoisotopic (exact) mass is 182 g/mol. The summed E-state index contributed by atoms with van der Waals surface area (Å²) in [5, 5.41) is 3.38. The molecule has 2 nitrogen and oxygen atoms in total. The molecule has 3 N–H and O–H groups in total. The Morgan fingerprint density at radius 2 is 2.15 bits per heavy atom. The van der Waals surface area contributed by atoms with Crippen LogP contribution in [-0.4, -0.2) is 19.6 Å². The van der Waals surface area contributed by atoms with Crippen LogP contribution in [0.4, 0.5) is 0 Å². The Bertz CT molecular complexity index is 147. The molecule has 0 fully saturated rings. The van der Waals surface area contributed by atoms with Crippen molar-refractivity contribution in [1.29, 1.82) is 0 Å². The largest absolute Gasteiger partial charge is 0.330 e. The molecule has 1 atom stereocenters.